The lowest BCUT2D eigenvalue weighted by Gasteiger charge is -2.07. The zero-order valence-electron chi connectivity index (χ0n) is 12.9. The predicted octanol–water partition coefficient (Wildman–Crippen LogP) is 1.02. The summed E-state index contributed by atoms with van der Waals surface area (Å²) in [6, 6.07) is 6.05. The van der Waals surface area contributed by atoms with Crippen molar-refractivity contribution in [2.75, 3.05) is 17.9 Å². The zero-order chi connectivity index (χ0) is 18.0. The molecule has 1 aromatic carbocycles. The van der Waals surface area contributed by atoms with E-state index < -0.39 is 18.7 Å². The second-order valence-corrected chi connectivity index (χ2v) is 6.92. The summed E-state index contributed by atoms with van der Waals surface area (Å²) in [4.78, 5) is 28.9. The highest BCUT2D eigenvalue weighted by atomic mass is 32.2. The van der Waals surface area contributed by atoms with Gasteiger partial charge in [-0.15, -0.1) is 0 Å². The van der Waals surface area contributed by atoms with E-state index in [1.807, 2.05) is 0 Å². The third-order valence-electron chi connectivity index (χ3n) is 2.98. The molecule has 0 fully saturated rings. The van der Waals surface area contributed by atoms with Gasteiger partial charge in [0.15, 0.2) is 0 Å². The number of carbonyl (C=O) groups excluding carboxylic acids is 1. The van der Waals surface area contributed by atoms with E-state index in [4.69, 9.17) is 9.79 Å². The number of hydrogen-bond acceptors (Lipinski definition) is 5. The van der Waals surface area contributed by atoms with Crippen LogP contribution in [0.15, 0.2) is 24.3 Å². The van der Waals surface area contributed by atoms with E-state index in [9.17, 15) is 17.8 Å². The maximum Gasteiger partial charge on any atom is 0.469 e. The molecular formula is C13H21N2O7PS. The second-order valence-electron chi connectivity index (χ2n) is 4.94. The van der Waals surface area contributed by atoms with Crippen LogP contribution in [-0.4, -0.2) is 37.3 Å². The van der Waals surface area contributed by atoms with Crippen LogP contribution in [0.1, 0.15) is 36.0 Å². The molecule has 0 heterocycles. The molecule has 1 amide bonds. The minimum Gasteiger partial charge on any atom is -0.352 e. The fraction of sp³-hybridized carbons (Fsp3) is 0.462. The highest BCUT2D eigenvalue weighted by Gasteiger charge is 2.12. The van der Waals surface area contributed by atoms with Crippen molar-refractivity contribution in [3.8, 4) is 0 Å². The number of anilines is 1. The molecule has 0 atom stereocenters. The molecule has 136 valence electrons. The number of amides is 1. The van der Waals surface area contributed by atoms with E-state index in [1.165, 1.54) is 24.3 Å². The van der Waals surface area contributed by atoms with Crippen LogP contribution < -0.4 is 10.0 Å². The van der Waals surface area contributed by atoms with Crippen molar-refractivity contribution in [3.63, 3.8) is 0 Å². The molecule has 0 radical (unpaired) electrons. The molecule has 9 nitrogen and oxygen atoms in total. The second kappa shape index (κ2) is 10.4. The molecule has 1 rings (SSSR count). The van der Waals surface area contributed by atoms with E-state index in [0.717, 1.165) is 19.3 Å². The lowest BCUT2D eigenvalue weighted by atomic mass is 10.2. The Morgan fingerprint density at radius 3 is 2.29 bits per heavy atom. The summed E-state index contributed by atoms with van der Waals surface area (Å²) < 4.78 is 38.0. The van der Waals surface area contributed by atoms with Crippen LogP contribution in [0, 0.1) is 0 Å². The first kappa shape index (κ1) is 20.6. The maximum absolute atomic E-state index is 11.9. The summed E-state index contributed by atoms with van der Waals surface area (Å²) >= 11 is 0. The number of carbonyl (C=O) groups is 1. The van der Waals surface area contributed by atoms with Crippen LogP contribution in [-0.2, 0) is 20.0 Å². The fourth-order valence-corrected chi connectivity index (χ4v) is 2.60. The van der Waals surface area contributed by atoms with Crippen molar-refractivity contribution in [2.45, 2.75) is 25.7 Å². The largest absolute Gasteiger partial charge is 0.469 e. The van der Waals surface area contributed by atoms with Crippen molar-refractivity contribution in [1.82, 2.24) is 5.32 Å². The van der Waals surface area contributed by atoms with E-state index in [1.54, 1.807) is 0 Å². The monoisotopic (exact) mass is 380 g/mol. The molecule has 11 heteroatoms. The van der Waals surface area contributed by atoms with Crippen LogP contribution in [0.5, 0.6) is 0 Å². The van der Waals surface area contributed by atoms with Crippen molar-refractivity contribution in [2.24, 2.45) is 0 Å². The Hall–Kier alpha value is -1.45. The van der Waals surface area contributed by atoms with Gasteiger partial charge in [-0.1, -0.05) is 12.8 Å². The van der Waals surface area contributed by atoms with Gasteiger partial charge in [-0.2, -0.15) is 0 Å². The van der Waals surface area contributed by atoms with Crippen molar-refractivity contribution in [3.05, 3.63) is 29.8 Å². The minimum absolute atomic E-state index is 0.00588. The van der Waals surface area contributed by atoms with Gasteiger partial charge in [-0.25, -0.2) is 13.0 Å². The number of unbranched alkanes of at least 4 members (excludes halogenated alkanes) is 3. The highest BCUT2D eigenvalue weighted by Crippen LogP contribution is 2.35. The van der Waals surface area contributed by atoms with Crippen molar-refractivity contribution < 1.29 is 32.1 Å². The summed E-state index contributed by atoms with van der Waals surface area (Å²) in [7, 11) is -7.11. The maximum atomic E-state index is 11.9. The Balaban J connectivity index is 2.16. The number of phosphoric ester groups is 1. The van der Waals surface area contributed by atoms with Crippen LogP contribution in [0.2, 0.25) is 0 Å². The van der Waals surface area contributed by atoms with Gasteiger partial charge in [-0.05, 0) is 37.1 Å². The molecule has 4 N–H and O–H groups in total. The first-order valence-corrected chi connectivity index (χ1v) is 9.98. The molecule has 0 aliphatic rings. The number of thiol groups is 1. The van der Waals surface area contributed by atoms with E-state index >= 15 is 0 Å². The SMILES string of the molecule is O=C(NCCCCCCOP(=O)(O)O)c1ccc(N[SH](=O)=O)cc1. The normalized spacial score (nSPS) is 11.5. The van der Waals surface area contributed by atoms with Gasteiger partial charge in [-0.3, -0.25) is 14.0 Å². The molecular weight excluding hydrogens is 359 g/mol. The van der Waals surface area contributed by atoms with Crippen LogP contribution >= 0.6 is 7.82 Å². The number of benzene rings is 1. The Labute approximate surface area is 141 Å². The molecule has 0 aromatic heterocycles. The zero-order valence-corrected chi connectivity index (χ0v) is 14.7. The molecule has 1 aromatic rings. The molecule has 0 aliphatic heterocycles. The Bertz CT molecular complexity index is 634. The Morgan fingerprint density at radius 2 is 1.71 bits per heavy atom. The summed E-state index contributed by atoms with van der Waals surface area (Å²) in [5, 5.41) is 2.74. The minimum atomic E-state index is -4.38. The molecule has 0 spiro atoms. The van der Waals surface area contributed by atoms with E-state index in [0.29, 0.717) is 24.2 Å². The van der Waals surface area contributed by atoms with Gasteiger partial charge in [0.25, 0.3) is 5.91 Å². The van der Waals surface area contributed by atoms with Crippen molar-refractivity contribution >= 4 is 30.3 Å². The number of hydrogen-bond donors (Lipinski definition) is 5. The summed E-state index contributed by atoms with van der Waals surface area (Å²) in [5.74, 6) is -0.252. The third-order valence-corrected chi connectivity index (χ3v) is 3.94. The number of nitrogens with one attached hydrogen (secondary N) is 2. The van der Waals surface area contributed by atoms with Crippen LogP contribution in [0.25, 0.3) is 0 Å². The average molecular weight is 380 g/mol. The van der Waals surface area contributed by atoms with Gasteiger partial charge < -0.3 is 15.1 Å². The fourth-order valence-electron chi connectivity index (χ4n) is 1.87. The van der Waals surface area contributed by atoms with Gasteiger partial charge in [0.1, 0.15) is 0 Å². The van der Waals surface area contributed by atoms with Crippen LogP contribution in [0.3, 0.4) is 0 Å². The molecule has 0 saturated heterocycles. The quantitative estimate of drug-likeness (QED) is 0.219. The lowest BCUT2D eigenvalue weighted by molar-refractivity contribution is 0.0952. The first-order valence-electron chi connectivity index (χ1n) is 7.27. The number of rotatable bonds is 11. The number of phosphoric acid groups is 1. The van der Waals surface area contributed by atoms with E-state index in [2.05, 4.69) is 14.6 Å². The van der Waals surface area contributed by atoms with Gasteiger partial charge in [0.05, 0.1) is 6.61 Å². The van der Waals surface area contributed by atoms with Gasteiger partial charge in [0, 0.05) is 17.8 Å². The molecule has 24 heavy (non-hydrogen) atoms. The summed E-state index contributed by atoms with van der Waals surface area (Å²) in [6.45, 7) is 0.483. The Morgan fingerprint density at radius 1 is 1.08 bits per heavy atom. The van der Waals surface area contributed by atoms with E-state index in [-0.39, 0.29) is 12.5 Å². The highest BCUT2D eigenvalue weighted by molar-refractivity contribution is 7.73. The average Bonchev–Trinajstić information content (AvgIpc) is 2.48. The topological polar surface area (TPSA) is 142 Å². The van der Waals surface area contributed by atoms with Crippen LogP contribution in [0.4, 0.5) is 5.69 Å². The first-order chi connectivity index (χ1) is 11.3. The summed E-state index contributed by atoms with van der Waals surface area (Å²) in [6.07, 6.45) is 2.81. The lowest BCUT2D eigenvalue weighted by Crippen LogP contribution is -2.24. The van der Waals surface area contributed by atoms with Crippen molar-refractivity contribution in [1.29, 1.82) is 0 Å². The molecule has 0 aliphatic carbocycles. The Kier molecular flexibility index (Phi) is 8.94. The standard InChI is InChI=1S/C13H21N2O7PS/c16-13(11-5-7-12(8-6-11)15-24(20)21)14-9-3-1-2-4-10-22-23(17,18)19/h5-8,24H,1-4,9-10H2,(H,14,16)(H,15,20,21)(H2,17,18,19). The molecule has 0 unspecified atom stereocenters. The molecule has 0 bridgehead atoms. The summed E-state index contributed by atoms with van der Waals surface area (Å²) in [5.41, 5.74) is 0.817. The molecule has 0 saturated carbocycles. The van der Waals surface area contributed by atoms with Gasteiger partial charge >= 0.3 is 7.82 Å². The van der Waals surface area contributed by atoms with Gasteiger partial charge in [0.2, 0.25) is 10.9 Å². The predicted molar refractivity (Wildman–Crippen MR) is 89.2 cm³/mol. The third kappa shape index (κ3) is 9.64. The smallest absolute Gasteiger partial charge is 0.352 e.